The minimum Gasteiger partial charge on any atom is -0.493 e. The summed E-state index contributed by atoms with van der Waals surface area (Å²) in [5.41, 5.74) is 0.537. The Morgan fingerprint density at radius 3 is 2.37 bits per heavy atom. The normalized spacial score (nSPS) is 24.7. The lowest BCUT2D eigenvalue weighted by Crippen LogP contribution is -2.55. The Kier molecular flexibility index (Phi) is 6.31. The minimum atomic E-state index is -0.260. The fourth-order valence-electron chi connectivity index (χ4n) is 1.96. The Bertz CT molecular complexity index is 388. The monoisotopic (exact) mass is 284 g/mol. The number of rotatable bonds is 5. The molecule has 2 rings (SSSR count). The lowest BCUT2D eigenvalue weighted by molar-refractivity contribution is -0.379. The first kappa shape index (κ1) is 16.0. The second-order valence-corrected chi connectivity index (χ2v) is 5.18. The molecule has 1 aliphatic rings. The maximum Gasteiger partial charge on any atom is 0.253 e. The second-order valence-electron chi connectivity index (χ2n) is 4.36. The third-order valence-corrected chi connectivity index (χ3v) is 3.60. The van der Waals surface area contributed by atoms with E-state index in [0.29, 0.717) is 18.2 Å². The van der Waals surface area contributed by atoms with Crippen molar-refractivity contribution in [1.29, 1.82) is 0 Å². The molecule has 5 heteroatoms. The van der Waals surface area contributed by atoms with E-state index in [1.807, 2.05) is 19.0 Å². The molecule has 1 aromatic rings. The van der Waals surface area contributed by atoms with Crippen LogP contribution in [0.5, 0.6) is 5.75 Å². The van der Waals surface area contributed by atoms with E-state index in [-0.39, 0.29) is 4.93 Å². The molecular formula is C14H22NO3S+. The fraction of sp³-hybridized carbons (Fsp3) is 0.571. The van der Waals surface area contributed by atoms with Crippen molar-refractivity contribution in [2.45, 2.75) is 31.6 Å². The third kappa shape index (κ3) is 4.51. The molecule has 0 amide bonds. The third-order valence-electron chi connectivity index (χ3n) is 3.05. The first-order chi connectivity index (χ1) is 9.15. The minimum absolute atomic E-state index is 0.260. The Labute approximate surface area is 119 Å². The molecule has 0 saturated heterocycles. The predicted molar refractivity (Wildman–Crippen MR) is 78.7 cm³/mol. The van der Waals surface area contributed by atoms with E-state index in [4.69, 9.17) is 9.47 Å². The van der Waals surface area contributed by atoms with Crippen LogP contribution in [0.3, 0.4) is 0 Å². The molecule has 0 aliphatic heterocycles. The molecule has 0 atom stereocenters. The van der Waals surface area contributed by atoms with Crippen LogP contribution in [0.15, 0.2) is 24.3 Å². The van der Waals surface area contributed by atoms with E-state index >= 15 is 0 Å². The Balaban J connectivity index is 0.000000861. The van der Waals surface area contributed by atoms with Crippen molar-refractivity contribution >= 4 is 18.3 Å². The molecule has 0 heterocycles. The maximum absolute atomic E-state index is 10.4. The molecule has 0 unspecified atom stereocenters. The fourth-order valence-corrected chi connectivity index (χ4v) is 2.48. The van der Waals surface area contributed by atoms with Crippen LogP contribution in [0.25, 0.3) is 0 Å². The molecule has 106 valence electrons. The highest BCUT2D eigenvalue weighted by Crippen LogP contribution is 2.43. The van der Waals surface area contributed by atoms with Gasteiger partial charge in [0, 0.05) is 35.2 Å². The summed E-state index contributed by atoms with van der Waals surface area (Å²) >= 11 is 4.42. The summed E-state index contributed by atoms with van der Waals surface area (Å²) in [6.07, 6.45) is 1.82. The van der Waals surface area contributed by atoms with E-state index < -0.39 is 0 Å². The Morgan fingerprint density at radius 2 is 1.89 bits per heavy atom. The lowest BCUT2D eigenvalue weighted by atomic mass is 9.82. The standard InChI is InChI=1S/C12H15NO3S.C2H6/c1-15-12(17)6-9(7-12)8-16-11-4-2-10(13-14)3-5-11;1-2/h2-5,9,17H,6-8H2,1H3;1-2H3/p+1. The van der Waals surface area contributed by atoms with Crippen molar-refractivity contribution in [3.63, 3.8) is 0 Å². The predicted octanol–water partition coefficient (Wildman–Crippen LogP) is 2.25. The van der Waals surface area contributed by atoms with Gasteiger partial charge in [-0.3, -0.25) is 0 Å². The molecule has 0 aromatic heterocycles. The number of nitrogens with one attached hydrogen (secondary N) is 1. The van der Waals surface area contributed by atoms with E-state index in [1.54, 1.807) is 31.4 Å². The van der Waals surface area contributed by atoms with E-state index in [1.165, 1.54) is 0 Å². The van der Waals surface area contributed by atoms with Crippen molar-refractivity contribution in [2.24, 2.45) is 5.92 Å². The number of hydrogen-bond donors (Lipinski definition) is 2. The first-order valence-electron chi connectivity index (χ1n) is 6.54. The second kappa shape index (κ2) is 7.50. The summed E-state index contributed by atoms with van der Waals surface area (Å²) in [5, 5.41) is 1.83. The SMILES string of the molecule is CC.COC1(S)CC(COc2ccc([NH+]=O)cc2)C1. The zero-order valence-electron chi connectivity index (χ0n) is 11.7. The zero-order valence-corrected chi connectivity index (χ0v) is 12.6. The molecule has 1 aromatic carbocycles. The molecule has 1 N–H and O–H groups in total. The average molecular weight is 284 g/mol. The highest BCUT2D eigenvalue weighted by Gasteiger charge is 2.41. The van der Waals surface area contributed by atoms with Crippen LogP contribution < -0.4 is 9.91 Å². The van der Waals surface area contributed by atoms with Crippen LogP contribution in [0, 0.1) is 10.8 Å². The van der Waals surface area contributed by atoms with E-state index in [2.05, 4.69) is 12.6 Å². The van der Waals surface area contributed by atoms with Gasteiger partial charge in [-0.05, 0) is 25.0 Å². The van der Waals surface area contributed by atoms with Crippen LogP contribution in [0.2, 0.25) is 0 Å². The van der Waals surface area contributed by atoms with Crippen LogP contribution in [-0.4, -0.2) is 18.6 Å². The van der Waals surface area contributed by atoms with Gasteiger partial charge < -0.3 is 9.47 Å². The number of benzene rings is 1. The lowest BCUT2D eigenvalue weighted by Gasteiger charge is -2.42. The first-order valence-corrected chi connectivity index (χ1v) is 6.98. The van der Waals surface area contributed by atoms with Gasteiger partial charge in [0.1, 0.15) is 10.7 Å². The molecule has 1 saturated carbocycles. The van der Waals surface area contributed by atoms with Crippen molar-refractivity contribution in [2.75, 3.05) is 13.7 Å². The molecule has 0 radical (unpaired) electrons. The number of methoxy groups -OCH3 is 1. The van der Waals surface area contributed by atoms with Crippen molar-refractivity contribution in [1.82, 2.24) is 0 Å². The van der Waals surface area contributed by atoms with Crippen LogP contribution in [-0.2, 0) is 4.74 Å². The van der Waals surface area contributed by atoms with E-state index in [0.717, 1.165) is 18.6 Å². The number of hydrogen-bond acceptors (Lipinski definition) is 4. The summed E-state index contributed by atoms with van der Waals surface area (Å²) in [4.78, 5) is 10.1. The highest BCUT2D eigenvalue weighted by atomic mass is 32.1. The van der Waals surface area contributed by atoms with Gasteiger partial charge in [-0.2, -0.15) is 0 Å². The van der Waals surface area contributed by atoms with Crippen LogP contribution in [0.1, 0.15) is 26.7 Å². The molecule has 19 heavy (non-hydrogen) atoms. The molecule has 0 bridgehead atoms. The summed E-state index contributed by atoms with van der Waals surface area (Å²) in [7, 11) is 1.68. The maximum atomic E-state index is 10.4. The van der Waals surface area contributed by atoms with Crippen molar-refractivity contribution in [3.8, 4) is 5.75 Å². The van der Waals surface area contributed by atoms with Gasteiger partial charge >= 0.3 is 0 Å². The summed E-state index contributed by atoms with van der Waals surface area (Å²) < 4.78 is 10.9. The number of nitroso groups, excluding NO2 is 1. The Morgan fingerprint density at radius 1 is 1.32 bits per heavy atom. The Hall–Kier alpha value is -1.07. The molecule has 0 spiro atoms. The van der Waals surface area contributed by atoms with Gasteiger partial charge in [0.25, 0.3) is 5.69 Å². The van der Waals surface area contributed by atoms with Gasteiger partial charge in [-0.25, -0.2) is 0 Å². The summed E-state index contributed by atoms with van der Waals surface area (Å²) in [6.45, 7) is 4.66. The van der Waals surface area contributed by atoms with Crippen molar-refractivity contribution < 1.29 is 14.7 Å². The van der Waals surface area contributed by atoms with Gasteiger partial charge in [0.05, 0.1) is 6.61 Å². The van der Waals surface area contributed by atoms with Gasteiger partial charge in [-0.1, -0.05) is 13.8 Å². The summed E-state index contributed by atoms with van der Waals surface area (Å²) in [5.74, 6) is 1.27. The topological polar surface area (TPSA) is 49.5 Å². The van der Waals surface area contributed by atoms with Crippen LogP contribution in [0.4, 0.5) is 5.69 Å². The van der Waals surface area contributed by atoms with Gasteiger partial charge in [0.2, 0.25) is 0 Å². The molecule has 1 fully saturated rings. The van der Waals surface area contributed by atoms with Gasteiger partial charge in [-0.15, -0.1) is 12.6 Å². The average Bonchev–Trinajstić information content (AvgIpc) is 2.45. The zero-order chi connectivity index (χ0) is 14.3. The number of ether oxygens (including phenoxy) is 2. The van der Waals surface area contributed by atoms with Crippen LogP contribution >= 0.6 is 12.6 Å². The number of thiol groups is 1. The highest BCUT2D eigenvalue weighted by molar-refractivity contribution is 7.81. The summed E-state index contributed by atoms with van der Waals surface area (Å²) in [6, 6.07) is 6.95. The van der Waals surface area contributed by atoms with E-state index in [9.17, 15) is 4.91 Å². The largest absolute Gasteiger partial charge is 0.493 e. The quantitative estimate of drug-likeness (QED) is 0.644. The smallest absolute Gasteiger partial charge is 0.253 e. The molecule has 4 nitrogen and oxygen atoms in total. The molecule has 1 aliphatic carbocycles. The molecular weight excluding hydrogens is 262 g/mol. The van der Waals surface area contributed by atoms with Gasteiger partial charge in [0.15, 0.2) is 0 Å². The van der Waals surface area contributed by atoms with Crippen molar-refractivity contribution in [3.05, 3.63) is 29.2 Å².